The van der Waals surface area contributed by atoms with Crippen LogP contribution < -0.4 is 0 Å². The number of thioether (sulfide) groups is 1. The summed E-state index contributed by atoms with van der Waals surface area (Å²) in [5, 5.41) is 10.2. The minimum atomic E-state index is -5.28. The molecule has 0 saturated carbocycles. The highest BCUT2D eigenvalue weighted by atomic mass is 35.5. The van der Waals surface area contributed by atoms with Crippen molar-refractivity contribution in [2.24, 2.45) is 0 Å². The Morgan fingerprint density at radius 2 is 1.73 bits per heavy atom. The summed E-state index contributed by atoms with van der Waals surface area (Å²) in [4.78, 5) is 22.5. The standard InChI is InChI=1S/C14H8Cl2F3N3O3S/c15-8-3-5-1-7(2-6(5)4-9(8)16)26-11-10(20-22-21-11)12(23)25-13(24)14(17,18)19/h3-4,7H,1-2H2,(H,20,21,22). The first-order valence-electron chi connectivity index (χ1n) is 7.02. The molecular weight excluding hydrogens is 418 g/mol. The Labute approximate surface area is 158 Å². The summed E-state index contributed by atoms with van der Waals surface area (Å²) in [6.07, 6.45) is -4.09. The molecule has 12 heteroatoms. The summed E-state index contributed by atoms with van der Waals surface area (Å²) < 4.78 is 40.4. The van der Waals surface area contributed by atoms with Crippen molar-refractivity contribution in [3.63, 3.8) is 0 Å². The predicted molar refractivity (Wildman–Crippen MR) is 86.4 cm³/mol. The Balaban J connectivity index is 1.70. The zero-order valence-corrected chi connectivity index (χ0v) is 14.9. The molecule has 2 aromatic rings. The smallest absolute Gasteiger partial charge is 0.381 e. The summed E-state index contributed by atoms with van der Waals surface area (Å²) in [6.45, 7) is 0. The number of carbonyl (C=O) groups excluding carboxylic acids is 2. The predicted octanol–water partition coefficient (Wildman–Crippen LogP) is 3.62. The number of ether oxygens (including phenoxy) is 1. The van der Waals surface area contributed by atoms with Gasteiger partial charge in [-0.3, -0.25) is 0 Å². The third-order valence-electron chi connectivity index (χ3n) is 3.54. The fourth-order valence-electron chi connectivity index (χ4n) is 2.44. The van der Waals surface area contributed by atoms with Crippen LogP contribution in [0.2, 0.25) is 10.0 Å². The van der Waals surface area contributed by atoms with Gasteiger partial charge in [-0.1, -0.05) is 35.0 Å². The third-order valence-corrected chi connectivity index (χ3v) is 5.44. The third kappa shape index (κ3) is 3.97. The number of H-pyrrole nitrogens is 1. The first-order valence-corrected chi connectivity index (χ1v) is 8.66. The summed E-state index contributed by atoms with van der Waals surface area (Å²) in [7, 11) is 0. The van der Waals surface area contributed by atoms with Gasteiger partial charge in [-0.2, -0.15) is 18.4 Å². The van der Waals surface area contributed by atoms with E-state index in [4.69, 9.17) is 23.2 Å². The highest BCUT2D eigenvalue weighted by Crippen LogP contribution is 2.38. The molecule has 1 aliphatic carbocycles. The molecule has 0 atom stereocenters. The van der Waals surface area contributed by atoms with Gasteiger partial charge < -0.3 is 4.74 Å². The first kappa shape index (κ1) is 19.0. The van der Waals surface area contributed by atoms with Crippen LogP contribution in [0.1, 0.15) is 21.6 Å². The number of alkyl halides is 3. The van der Waals surface area contributed by atoms with Crippen molar-refractivity contribution in [1.82, 2.24) is 15.4 Å². The molecule has 6 nitrogen and oxygen atoms in total. The average Bonchev–Trinajstić information content (AvgIpc) is 3.13. The topological polar surface area (TPSA) is 84.9 Å². The fourth-order valence-corrected chi connectivity index (χ4v) is 3.99. The molecule has 3 rings (SSSR count). The molecular formula is C14H8Cl2F3N3O3S. The van der Waals surface area contributed by atoms with E-state index in [-0.39, 0.29) is 10.3 Å². The molecule has 1 aromatic heterocycles. The van der Waals surface area contributed by atoms with Crippen LogP contribution in [0.3, 0.4) is 0 Å². The van der Waals surface area contributed by atoms with Crippen LogP contribution >= 0.6 is 35.0 Å². The van der Waals surface area contributed by atoms with Crippen LogP contribution in [0.4, 0.5) is 13.2 Å². The monoisotopic (exact) mass is 425 g/mol. The molecule has 0 spiro atoms. The molecule has 0 aliphatic heterocycles. The van der Waals surface area contributed by atoms with E-state index >= 15 is 0 Å². The molecule has 0 unspecified atom stereocenters. The summed E-state index contributed by atoms with van der Waals surface area (Å²) in [5.41, 5.74) is 1.48. The lowest BCUT2D eigenvalue weighted by molar-refractivity contribution is -0.193. The minimum absolute atomic E-state index is 0.0416. The van der Waals surface area contributed by atoms with Gasteiger partial charge in [0.1, 0.15) is 0 Å². The van der Waals surface area contributed by atoms with Crippen molar-refractivity contribution < 1.29 is 27.5 Å². The lowest BCUT2D eigenvalue weighted by Crippen LogP contribution is -2.28. The molecule has 1 aromatic carbocycles. The van der Waals surface area contributed by atoms with Crippen molar-refractivity contribution in [3.05, 3.63) is 39.0 Å². The molecule has 0 amide bonds. The number of hydrogen-bond acceptors (Lipinski definition) is 6. The van der Waals surface area contributed by atoms with Gasteiger partial charge in [-0.15, -0.1) is 10.2 Å². The second-order valence-corrected chi connectivity index (χ2v) is 7.44. The zero-order valence-electron chi connectivity index (χ0n) is 12.6. The molecule has 138 valence electrons. The van der Waals surface area contributed by atoms with Crippen LogP contribution in [-0.2, 0) is 22.4 Å². The zero-order chi connectivity index (χ0) is 19.1. The number of carbonyl (C=O) groups is 2. The van der Waals surface area contributed by atoms with Crippen LogP contribution in [-0.4, -0.2) is 38.8 Å². The number of hydrogen-bond donors (Lipinski definition) is 1. The van der Waals surface area contributed by atoms with E-state index in [0.29, 0.717) is 22.9 Å². The van der Waals surface area contributed by atoms with Crippen molar-refractivity contribution in [3.8, 4) is 0 Å². The molecule has 26 heavy (non-hydrogen) atoms. The fraction of sp³-hybridized carbons (Fsp3) is 0.286. The maximum Gasteiger partial charge on any atom is 0.491 e. The summed E-state index contributed by atoms with van der Waals surface area (Å²) in [5.74, 6) is -4.14. The lowest BCUT2D eigenvalue weighted by atomic mass is 10.1. The van der Waals surface area contributed by atoms with Gasteiger partial charge >= 0.3 is 18.1 Å². The Hall–Kier alpha value is -1.78. The van der Waals surface area contributed by atoms with E-state index in [0.717, 1.165) is 22.9 Å². The Bertz CT molecular complexity index is 857. The van der Waals surface area contributed by atoms with E-state index < -0.39 is 23.8 Å². The SMILES string of the molecule is O=C(OC(=O)C(F)(F)F)c1n[nH]nc1SC1Cc2cc(Cl)c(Cl)cc2C1. The van der Waals surface area contributed by atoms with Gasteiger partial charge in [-0.25, -0.2) is 9.59 Å². The lowest BCUT2D eigenvalue weighted by Gasteiger charge is -2.07. The van der Waals surface area contributed by atoms with E-state index in [1.54, 1.807) is 12.1 Å². The number of benzene rings is 1. The van der Waals surface area contributed by atoms with Crippen molar-refractivity contribution in [2.45, 2.75) is 29.3 Å². The van der Waals surface area contributed by atoms with Crippen LogP contribution in [0.15, 0.2) is 17.2 Å². The molecule has 0 radical (unpaired) electrons. The van der Waals surface area contributed by atoms with Gasteiger partial charge in [0.05, 0.1) is 10.0 Å². The molecule has 0 saturated heterocycles. The summed E-state index contributed by atoms with van der Waals surface area (Å²) >= 11 is 13.1. The second-order valence-electron chi connectivity index (χ2n) is 5.34. The number of nitrogens with zero attached hydrogens (tertiary/aromatic N) is 2. The van der Waals surface area contributed by atoms with E-state index in [9.17, 15) is 22.8 Å². The molecule has 0 fully saturated rings. The number of nitrogens with one attached hydrogen (secondary N) is 1. The Morgan fingerprint density at radius 1 is 1.15 bits per heavy atom. The molecule has 1 aliphatic rings. The molecule has 0 bridgehead atoms. The first-order chi connectivity index (χ1) is 12.1. The van der Waals surface area contributed by atoms with Crippen molar-refractivity contribution in [1.29, 1.82) is 0 Å². The largest absolute Gasteiger partial charge is 0.491 e. The van der Waals surface area contributed by atoms with E-state index in [1.165, 1.54) is 0 Å². The van der Waals surface area contributed by atoms with Crippen LogP contribution in [0.5, 0.6) is 0 Å². The van der Waals surface area contributed by atoms with Gasteiger partial charge in [0.2, 0.25) is 5.69 Å². The maximum absolute atomic E-state index is 12.2. The van der Waals surface area contributed by atoms with Gasteiger partial charge in [0.25, 0.3) is 0 Å². The van der Waals surface area contributed by atoms with Crippen molar-refractivity contribution in [2.75, 3.05) is 0 Å². The van der Waals surface area contributed by atoms with E-state index in [2.05, 4.69) is 20.1 Å². The van der Waals surface area contributed by atoms with Gasteiger partial charge in [-0.05, 0) is 36.1 Å². The minimum Gasteiger partial charge on any atom is -0.381 e. The number of fused-ring (bicyclic) bond motifs is 1. The number of aromatic amines is 1. The average molecular weight is 426 g/mol. The highest BCUT2D eigenvalue weighted by Gasteiger charge is 2.43. The Morgan fingerprint density at radius 3 is 2.27 bits per heavy atom. The molecule has 1 N–H and O–H groups in total. The Kier molecular flexibility index (Phi) is 5.18. The molecule has 1 heterocycles. The summed E-state index contributed by atoms with van der Waals surface area (Å²) in [6, 6.07) is 3.50. The van der Waals surface area contributed by atoms with Crippen molar-refractivity contribution >= 4 is 46.9 Å². The number of esters is 2. The number of halogens is 5. The quantitative estimate of drug-likeness (QED) is 0.596. The normalized spacial score (nSPS) is 14.3. The number of rotatable bonds is 3. The van der Waals surface area contributed by atoms with Crippen LogP contribution in [0.25, 0.3) is 0 Å². The highest BCUT2D eigenvalue weighted by molar-refractivity contribution is 8.00. The number of aromatic nitrogens is 3. The van der Waals surface area contributed by atoms with Gasteiger partial charge in [0.15, 0.2) is 5.03 Å². The second kappa shape index (κ2) is 7.09. The van der Waals surface area contributed by atoms with E-state index in [1.807, 2.05) is 0 Å². The van der Waals surface area contributed by atoms with Gasteiger partial charge in [0, 0.05) is 5.25 Å². The van der Waals surface area contributed by atoms with Crippen LogP contribution in [0, 0.1) is 0 Å². The maximum atomic E-state index is 12.2.